The minimum atomic E-state index is -0.936. The van der Waals surface area contributed by atoms with Crippen molar-refractivity contribution < 1.29 is 14.5 Å². The number of ether oxygens (including phenoxy) is 1. The molecule has 0 aliphatic heterocycles. The number of carbonyl (C=O) groups excluding carboxylic acids is 1. The maximum Gasteiger partial charge on any atom is 0.316 e. The van der Waals surface area contributed by atoms with Gasteiger partial charge in [-0.15, -0.1) is 0 Å². The average molecular weight is 314 g/mol. The number of hydrogen-bond donors (Lipinski definition) is 0. The molecule has 2 aromatic rings. The lowest BCUT2D eigenvalue weighted by Gasteiger charge is -2.27. The van der Waals surface area contributed by atoms with Crippen LogP contribution in [0.4, 0.5) is 5.69 Å². The summed E-state index contributed by atoms with van der Waals surface area (Å²) in [5.41, 5.74) is 0.613. The number of non-ortho nitro benzene ring substituents is 1. The van der Waals surface area contributed by atoms with Gasteiger partial charge in [0.2, 0.25) is 0 Å². The number of nitrogens with zero attached hydrogens (tertiary/aromatic N) is 2. The third-order valence-electron chi connectivity index (χ3n) is 3.72. The summed E-state index contributed by atoms with van der Waals surface area (Å²) in [6, 6.07) is 9.69. The predicted octanol–water partition coefficient (Wildman–Crippen LogP) is 3.05. The van der Waals surface area contributed by atoms with Crippen molar-refractivity contribution in [2.45, 2.75) is 25.7 Å². The van der Waals surface area contributed by atoms with Crippen molar-refractivity contribution in [1.29, 1.82) is 0 Å². The second kappa shape index (κ2) is 7.00. The second-order valence-corrected chi connectivity index (χ2v) is 5.39. The van der Waals surface area contributed by atoms with Crippen molar-refractivity contribution in [1.82, 2.24) is 4.98 Å². The quantitative estimate of drug-likeness (QED) is 0.465. The van der Waals surface area contributed by atoms with Crippen molar-refractivity contribution in [3.63, 3.8) is 0 Å². The topological polar surface area (TPSA) is 82.3 Å². The zero-order chi connectivity index (χ0) is 16.9. The molecule has 1 heterocycles. The van der Waals surface area contributed by atoms with Crippen molar-refractivity contribution in [3.05, 3.63) is 70.0 Å². The molecule has 2 rings (SSSR count). The van der Waals surface area contributed by atoms with E-state index in [2.05, 4.69) is 4.98 Å². The third-order valence-corrected chi connectivity index (χ3v) is 3.72. The molecule has 1 unspecified atom stereocenters. The number of nitro groups is 1. The van der Waals surface area contributed by atoms with E-state index in [1.54, 1.807) is 44.4 Å². The van der Waals surface area contributed by atoms with E-state index in [9.17, 15) is 14.9 Å². The molecule has 0 aliphatic rings. The Kier molecular flexibility index (Phi) is 5.05. The highest BCUT2D eigenvalue weighted by Crippen LogP contribution is 2.31. The van der Waals surface area contributed by atoms with Gasteiger partial charge in [-0.2, -0.15) is 0 Å². The molecule has 0 saturated heterocycles. The Bertz CT molecular complexity index is 685. The molecular weight excluding hydrogens is 296 g/mol. The summed E-state index contributed by atoms with van der Waals surface area (Å²) >= 11 is 0. The standard InChI is InChI=1S/C17H18N2O4/c1-3-23-16(20)17(2,11-13-5-4-10-18-12-13)14-6-8-15(9-7-14)19(21)22/h4-10,12H,3,11H2,1-2H3. The molecule has 0 N–H and O–H groups in total. The fourth-order valence-electron chi connectivity index (χ4n) is 2.44. The third kappa shape index (κ3) is 3.71. The van der Waals surface area contributed by atoms with Crippen LogP contribution in [0.25, 0.3) is 0 Å². The Morgan fingerprint density at radius 1 is 1.30 bits per heavy atom. The van der Waals surface area contributed by atoms with Crippen LogP contribution in [0.5, 0.6) is 0 Å². The highest BCUT2D eigenvalue weighted by Gasteiger charge is 2.37. The van der Waals surface area contributed by atoms with E-state index < -0.39 is 10.3 Å². The lowest BCUT2D eigenvalue weighted by atomic mass is 9.77. The monoisotopic (exact) mass is 314 g/mol. The van der Waals surface area contributed by atoms with Gasteiger partial charge in [0, 0.05) is 24.5 Å². The van der Waals surface area contributed by atoms with Crippen LogP contribution < -0.4 is 0 Å². The molecule has 0 saturated carbocycles. The molecule has 0 bridgehead atoms. The van der Waals surface area contributed by atoms with Crippen molar-refractivity contribution in [3.8, 4) is 0 Å². The molecule has 0 fully saturated rings. The minimum absolute atomic E-state index is 0.0127. The SMILES string of the molecule is CCOC(=O)C(C)(Cc1cccnc1)c1ccc([N+](=O)[O-])cc1. The Morgan fingerprint density at radius 3 is 2.52 bits per heavy atom. The Hall–Kier alpha value is -2.76. The van der Waals surface area contributed by atoms with Crippen LogP contribution in [0.3, 0.4) is 0 Å². The van der Waals surface area contributed by atoms with Gasteiger partial charge in [0.15, 0.2) is 0 Å². The summed E-state index contributed by atoms with van der Waals surface area (Å²) in [6.45, 7) is 3.80. The van der Waals surface area contributed by atoms with E-state index in [1.165, 1.54) is 12.1 Å². The van der Waals surface area contributed by atoms with Crippen LogP contribution in [0, 0.1) is 10.1 Å². The zero-order valence-corrected chi connectivity index (χ0v) is 13.1. The fraction of sp³-hybridized carbons (Fsp3) is 0.294. The van der Waals surface area contributed by atoms with E-state index >= 15 is 0 Å². The summed E-state index contributed by atoms with van der Waals surface area (Å²) in [6.07, 6.45) is 3.76. The van der Waals surface area contributed by atoms with Gasteiger partial charge in [-0.1, -0.05) is 18.2 Å². The first-order valence-corrected chi connectivity index (χ1v) is 7.28. The second-order valence-electron chi connectivity index (χ2n) is 5.39. The number of aromatic nitrogens is 1. The number of pyridine rings is 1. The Morgan fingerprint density at radius 2 is 2.00 bits per heavy atom. The van der Waals surface area contributed by atoms with Gasteiger partial charge >= 0.3 is 5.97 Å². The molecule has 6 heteroatoms. The van der Waals surface area contributed by atoms with E-state index in [0.717, 1.165) is 5.56 Å². The molecule has 120 valence electrons. The lowest BCUT2D eigenvalue weighted by Crippen LogP contribution is -2.36. The molecular formula is C17H18N2O4. The maximum atomic E-state index is 12.5. The normalized spacial score (nSPS) is 13.1. The van der Waals surface area contributed by atoms with Gasteiger partial charge in [0.1, 0.15) is 0 Å². The van der Waals surface area contributed by atoms with Crippen LogP contribution in [-0.2, 0) is 21.4 Å². The van der Waals surface area contributed by atoms with Crippen molar-refractivity contribution >= 4 is 11.7 Å². The van der Waals surface area contributed by atoms with Crippen LogP contribution >= 0.6 is 0 Å². The van der Waals surface area contributed by atoms with Crippen LogP contribution in [0.2, 0.25) is 0 Å². The number of carbonyl (C=O) groups is 1. The molecule has 0 radical (unpaired) electrons. The van der Waals surface area contributed by atoms with Gasteiger partial charge < -0.3 is 4.74 Å². The summed E-state index contributed by atoms with van der Waals surface area (Å²) in [5, 5.41) is 10.8. The lowest BCUT2D eigenvalue weighted by molar-refractivity contribution is -0.384. The predicted molar refractivity (Wildman–Crippen MR) is 85.0 cm³/mol. The van der Waals surface area contributed by atoms with Gasteiger partial charge in [0.25, 0.3) is 5.69 Å². The number of benzene rings is 1. The van der Waals surface area contributed by atoms with E-state index in [-0.39, 0.29) is 18.3 Å². The largest absolute Gasteiger partial charge is 0.465 e. The molecule has 23 heavy (non-hydrogen) atoms. The van der Waals surface area contributed by atoms with E-state index in [0.29, 0.717) is 12.0 Å². The van der Waals surface area contributed by atoms with Crippen molar-refractivity contribution in [2.75, 3.05) is 6.61 Å². The van der Waals surface area contributed by atoms with Crippen LogP contribution in [0.15, 0.2) is 48.8 Å². The zero-order valence-electron chi connectivity index (χ0n) is 13.1. The molecule has 0 aliphatic carbocycles. The highest BCUT2D eigenvalue weighted by atomic mass is 16.6. The van der Waals surface area contributed by atoms with Crippen LogP contribution in [0.1, 0.15) is 25.0 Å². The molecule has 0 amide bonds. The van der Waals surface area contributed by atoms with Crippen LogP contribution in [-0.4, -0.2) is 22.5 Å². The number of esters is 1. The number of nitro benzene ring substituents is 1. The molecule has 1 atom stereocenters. The fourth-order valence-corrected chi connectivity index (χ4v) is 2.44. The first kappa shape index (κ1) is 16.6. The maximum absolute atomic E-state index is 12.5. The smallest absolute Gasteiger partial charge is 0.316 e. The van der Waals surface area contributed by atoms with E-state index in [4.69, 9.17) is 4.74 Å². The highest BCUT2D eigenvalue weighted by molar-refractivity contribution is 5.83. The molecule has 1 aromatic carbocycles. The first-order chi connectivity index (χ1) is 11.0. The van der Waals surface area contributed by atoms with Crippen molar-refractivity contribution in [2.24, 2.45) is 0 Å². The van der Waals surface area contributed by atoms with Gasteiger partial charge in [0.05, 0.1) is 16.9 Å². The van der Waals surface area contributed by atoms with E-state index in [1.807, 2.05) is 6.07 Å². The molecule has 0 spiro atoms. The van der Waals surface area contributed by atoms with Gasteiger partial charge in [-0.05, 0) is 37.5 Å². The number of rotatable bonds is 6. The Balaban J connectivity index is 2.40. The Labute approximate surface area is 134 Å². The molecule has 1 aromatic heterocycles. The number of hydrogen-bond acceptors (Lipinski definition) is 5. The first-order valence-electron chi connectivity index (χ1n) is 7.28. The summed E-state index contributed by atoms with van der Waals surface area (Å²) in [4.78, 5) is 26.9. The van der Waals surface area contributed by atoms with Gasteiger partial charge in [-0.25, -0.2) is 0 Å². The average Bonchev–Trinajstić information content (AvgIpc) is 2.56. The summed E-state index contributed by atoms with van der Waals surface area (Å²) < 4.78 is 5.22. The summed E-state index contributed by atoms with van der Waals surface area (Å²) in [5.74, 6) is -0.363. The van der Waals surface area contributed by atoms with Gasteiger partial charge in [-0.3, -0.25) is 19.9 Å². The summed E-state index contributed by atoms with van der Waals surface area (Å²) in [7, 11) is 0. The molecule has 6 nitrogen and oxygen atoms in total. The minimum Gasteiger partial charge on any atom is -0.465 e.